The van der Waals surface area contributed by atoms with E-state index >= 15 is 0 Å². The molecule has 6 heteroatoms. The maximum atomic E-state index is 12.5. The van der Waals surface area contributed by atoms with E-state index < -0.39 is 0 Å². The van der Waals surface area contributed by atoms with Gasteiger partial charge in [0.2, 0.25) is 5.91 Å². The third-order valence-electron chi connectivity index (χ3n) is 4.93. The van der Waals surface area contributed by atoms with Gasteiger partial charge in [0.25, 0.3) is 5.56 Å². The first-order valence-electron chi connectivity index (χ1n) is 9.42. The van der Waals surface area contributed by atoms with E-state index in [0.29, 0.717) is 34.3 Å². The molecule has 3 rings (SSSR count). The van der Waals surface area contributed by atoms with Gasteiger partial charge in [0.1, 0.15) is 6.54 Å². The van der Waals surface area contributed by atoms with Crippen LogP contribution < -0.4 is 10.9 Å². The lowest BCUT2D eigenvalue weighted by Gasteiger charge is -2.21. The Morgan fingerprint density at radius 2 is 1.86 bits per heavy atom. The largest absolute Gasteiger partial charge is 0.355 e. The molecule has 1 heterocycles. The van der Waals surface area contributed by atoms with Crippen molar-refractivity contribution >= 4 is 28.4 Å². The highest BCUT2D eigenvalue weighted by atomic mass is 35.5. The number of para-hydroxylation sites is 1. The lowest BCUT2D eigenvalue weighted by atomic mass is 9.86. The Labute approximate surface area is 169 Å². The van der Waals surface area contributed by atoms with Crippen LogP contribution in [0.5, 0.6) is 0 Å². The predicted molar refractivity (Wildman–Crippen MR) is 113 cm³/mol. The lowest BCUT2D eigenvalue weighted by Crippen LogP contribution is -2.33. The van der Waals surface area contributed by atoms with Gasteiger partial charge < -0.3 is 5.32 Å². The van der Waals surface area contributed by atoms with Crippen molar-refractivity contribution in [3.05, 3.63) is 75.8 Å². The van der Waals surface area contributed by atoms with Gasteiger partial charge in [0.15, 0.2) is 0 Å². The number of nitrogens with zero attached hydrogens (tertiary/aromatic N) is 2. The normalized spacial score (nSPS) is 12.3. The summed E-state index contributed by atoms with van der Waals surface area (Å²) >= 11 is 5.98. The molecule has 0 unspecified atom stereocenters. The van der Waals surface area contributed by atoms with Crippen molar-refractivity contribution in [1.29, 1.82) is 0 Å². The molecule has 0 radical (unpaired) electrons. The van der Waals surface area contributed by atoms with Gasteiger partial charge in [-0.1, -0.05) is 49.7 Å². The van der Waals surface area contributed by atoms with Crippen LogP contribution in [0, 0.1) is 5.92 Å². The number of fused-ring (bicyclic) bond motifs is 1. The molecule has 2 aromatic carbocycles. The Balaban J connectivity index is 1.60. The predicted octanol–water partition coefficient (Wildman–Crippen LogP) is 4.00. The van der Waals surface area contributed by atoms with Gasteiger partial charge in [-0.05, 0) is 48.1 Å². The van der Waals surface area contributed by atoms with E-state index in [9.17, 15) is 9.59 Å². The number of rotatable bonds is 7. The summed E-state index contributed by atoms with van der Waals surface area (Å²) in [6.07, 6.45) is 2.24. The third kappa shape index (κ3) is 4.78. The molecule has 0 aliphatic rings. The van der Waals surface area contributed by atoms with Crippen LogP contribution in [0.15, 0.2) is 59.7 Å². The quantitative estimate of drug-likeness (QED) is 0.655. The summed E-state index contributed by atoms with van der Waals surface area (Å²) in [5, 5.41) is 4.15. The minimum Gasteiger partial charge on any atom is -0.355 e. The van der Waals surface area contributed by atoms with E-state index in [4.69, 9.17) is 11.6 Å². The van der Waals surface area contributed by atoms with E-state index in [2.05, 4.69) is 24.1 Å². The zero-order valence-corrected chi connectivity index (χ0v) is 16.8. The Kier molecular flexibility index (Phi) is 6.47. The highest BCUT2D eigenvalue weighted by molar-refractivity contribution is 6.30. The van der Waals surface area contributed by atoms with Crippen molar-refractivity contribution in [3.8, 4) is 0 Å². The molecule has 28 heavy (non-hydrogen) atoms. The van der Waals surface area contributed by atoms with Crippen LogP contribution in [0.3, 0.4) is 0 Å². The zero-order valence-electron chi connectivity index (χ0n) is 16.1. The second-order valence-corrected chi connectivity index (χ2v) is 7.67. The first kappa shape index (κ1) is 20.1. The molecule has 0 fully saturated rings. The Morgan fingerprint density at radius 1 is 1.14 bits per heavy atom. The smallest absolute Gasteiger partial charge is 0.261 e. The van der Waals surface area contributed by atoms with Gasteiger partial charge in [0, 0.05) is 11.6 Å². The fourth-order valence-electron chi connectivity index (χ4n) is 3.39. The molecule has 5 nitrogen and oxygen atoms in total. The van der Waals surface area contributed by atoms with Crippen molar-refractivity contribution in [3.63, 3.8) is 0 Å². The molecule has 0 saturated heterocycles. The number of carbonyl (C=O) groups is 1. The van der Waals surface area contributed by atoms with Crippen molar-refractivity contribution in [2.45, 2.75) is 32.7 Å². The van der Waals surface area contributed by atoms with Crippen molar-refractivity contribution in [2.75, 3.05) is 6.54 Å². The Hall–Kier alpha value is -2.66. The maximum absolute atomic E-state index is 12.5. The summed E-state index contributed by atoms with van der Waals surface area (Å²) in [4.78, 5) is 29.0. The third-order valence-corrected chi connectivity index (χ3v) is 5.18. The summed E-state index contributed by atoms with van der Waals surface area (Å²) in [5.41, 5.74) is 1.64. The second kappa shape index (κ2) is 9.02. The van der Waals surface area contributed by atoms with Crippen LogP contribution in [-0.2, 0) is 11.3 Å². The second-order valence-electron chi connectivity index (χ2n) is 7.24. The molecule has 0 spiro atoms. The van der Waals surface area contributed by atoms with Gasteiger partial charge in [-0.3, -0.25) is 14.2 Å². The minimum atomic E-state index is -0.207. The van der Waals surface area contributed by atoms with E-state index in [1.807, 2.05) is 30.3 Å². The molecule has 0 aliphatic carbocycles. The molecule has 146 valence electrons. The summed E-state index contributed by atoms with van der Waals surface area (Å²) < 4.78 is 1.34. The first-order chi connectivity index (χ1) is 13.5. The average Bonchev–Trinajstić information content (AvgIpc) is 2.68. The van der Waals surface area contributed by atoms with Crippen LogP contribution in [0.2, 0.25) is 5.02 Å². The van der Waals surface area contributed by atoms with Gasteiger partial charge in [-0.25, -0.2) is 4.98 Å². The number of hydrogen-bond acceptors (Lipinski definition) is 3. The fraction of sp³-hybridized carbons (Fsp3) is 0.318. The number of benzene rings is 2. The summed E-state index contributed by atoms with van der Waals surface area (Å²) in [7, 11) is 0. The molecule has 3 aromatic rings. The van der Waals surface area contributed by atoms with Crippen LogP contribution in [0.25, 0.3) is 10.9 Å². The first-order valence-corrected chi connectivity index (χ1v) is 9.80. The Bertz CT molecular complexity index is 1010. The SMILES string of the molecule is CC(C)[C@@H](CCNC(=O)Cn1cnc2ccccc2c1=O)c1ccc(Cl)cc1. The van der Waals surface area contributed by atoms with Crippen LogP contribution >= 0.6 is 11.6 Å². The van der Waals surface area contributed by atoms with Gasteiger partial charge in [-0.15, -0.1) is 0 Å². The molecule has 0 bridgehead atoms. The summed E-state index contributed by atoms with van der Waals surface area (Å²) in [6, 6.07) is 15.0. The van der Waals surface area contributed by atoms with E-state index in [-0.39, 0.29) is 18.0 Å². The summed E-state index contributed by atoms with van der Waals surface area (Å²) in [6.45, 7) is 4.84. The van der Waals surface area contributed by atoms with Crippen molar-refractivity contribution < 1.29 is 4.79 Å². The molecular formula is C22H24ClN3O2. The molecule has 1 N–H and O–H groups in total. The minimum absolute atomic E-state index is 0.0377. The topological polar surface area (TPSA) is 64.0 Å². The van der Waals surface area contributed by atoms with Gasteiger partial charge in [-0.2, -0.15) is 0 Å². The average molecular weight is 398 g/mol. The number of nitrogens with one attached hydrogen (secondary N) is 1. The zero-order chi connectivity index (χ0) is 20.1. The molecule has 1 atom stereocenters. The van der Waals surface area contributed by atoms with E-state index in [0.717, 1.165) is 6.42 Å². The number of hydrogen-bond donors (Lipinski definition) is 1. The van der Waals surface area contributed by atoms with E-state index in [1.54, 1.807) is 18.2 Å². The number of halogens is 1. The van der Waals surface area contributed by atoms with Gasteiger partial charge in [0.05, 0.1) is 17.2 Å². The fourth-order valence-corrected chi connectivity index (χ4v) is 3.52. The van der Waals surface area contributed by atoms with Crippen LogP contribution in [0.1, 0.15) is 31.7 Å². The van der Waals surface area contributed by atoms with E-state index in [1.165, 1.54) is 16.5 Å². The molecule has 1 amide bonds. The molecular weight excluding hydrogens is 374 g/mol. The maximum Gasteiger partial charge on any atom is 0.261 e. The Morgan fingerprint density at radius 3 is 2.57 bits per heavy atom. The van der Waals surface area contributed by atoms with Crippen molar-refractivity contribution in [2.24, 2.45) is 5.92 Å². The molecule has 1 aromatic heterocycles. The van der Waals surface area contributed by atoms with Crippen LogP contribution in [0.4, 0.5) is 0 Å². The van der Waals surface area contributed by atoms with Crippen molar-refractivity contribution in [1.82, 2.24) is 14.9 Å². The molecule has 0 aliphatic heterocycles. The highest BCUT2D eigenvalue weighted by Crippen LogP contribution is 2.28. The standard InChI is InChI=1S/C22H24ClN3O2/c1-15(2)18(16-7-9-17(23)10-8-16)11-12-24-21(27)13-26-14-25-20-6-4-3-5-19(20)22(26)28/h3-10,14-15,18H,11-13H2,1-2H3,(H,24,27)/t18-/m1/s1. The number of aromatic nitrogens is 2. The number of amides is 1. The lowest BCUT2D eigenvalue weighted by molar-refractivity contribution is -0.121. The monoisotopic (exact) mass is 397 g/mol. The van der Waals surface area contributed by atoms with Gasteiger partial charge >= 0.3 is 0 Å². The van der Waals surface area contributed by atoms with Crippen LogP contribution in [-0.4, -0.2) is 22.0 Å². The number of carbonyl (C=O) groups excluding carboxylic acids is 1. The molecule has 0 saturated carbocycles. The summed E-state index contributed by atoms with van der Waals surface area (Å²) in [5.74, 6) is 0.561. The highest BCUT2D eigenvalue weighted by Gasteiger charge is 2.16.